The molecule has 0 aromatic carbocycles. The maximum Gasteiger partial charge on any atom is 0.0555 e. The predicted octanol–water partition coefficient (Wildman–Crippen LogP) is 2.04. The standard InChI is InChI=1S/C13H18N2S/c1-2-15(12-5-6-12)9-13-8-11(10-16-13)4-3-7-14/h8,10,12H,2,5-7,9,14H2,1H3. The lowest BCUT2D eigenvalue weighted by Gasteiger charge is -2.18. The molecule has 0 unspecified atom stereocenters. The third-order valence-corrected chi connectivity index (χ3v) is 3.74. The second kappa shape index (κ2) is 5.49. The molecule has 2 N–H and O–H groups in total. The van der Waals surface area contributed by atoms with Crippen molar-refractivity contribution in [2.45, 2.75) is 32.4 Å². The highest BCUT2D eigenvalue weighted by molar-refractivity contribution is 7.10. The summed E-state index contributed by atoms with van der Waals surface area (Å²) in [6.07, 6.45) is 2.75. The van der Waals surface area contributed by atoms with Crippen LogP contribution in [-0.4, -0.2) is 24.0 Å². The highest BCUT2D eigenvalue weighted by Gasteiger charge is 2.27. The van der Waals surface area contributed by atoms with Crippen molar-refractivity contribution in [1.82, 2.24) is 4.90 Å². The minimum atomic E-state index is 0.439. The minimum absolute atomic E-state index is 0.439. The van der Waals surface area contributed by atoms with E-state index in [0.29, 0.717) is 6.54 Å². The van der Waals surface area contributed by atoms with Crippen molar-refractivity contribution in [3.63, 3.8) is 0 Å². The molecule has 0 spiro atoms. The first kappa shape index (κ1) is 11.7. The molecule has 0 atom stereocenters. The molecule has 3 heteroatoms. The van der Waals surface area contributed by atoms with Crippen molar-refractivity contribution in [2.24, 2.45) is 5.73 Å². The van der Waals surface area contributed by atoms with Crippen molar-refractivity contribution in [3.8, 4) is 11.8 Å². The van der Waals surface area contributed by atoms with Crippen molar-refractivity contribution < 1.29 is 0 Å². The van der Waals surface area contributed by atoms with Gasteiger partial charge < -0.3 is 5.73 Å². The second-order valence-electron chi connectivity index (χ2n) is 4.10. The number of rotatable bonds is 4. The van der Waals surface area contributed by atoms with E-state index in [1.165, 1.54) is 17.7 Å². The summed E-state index contributed by atoms with van der Waals surface area (Å²) in [5.74, 6) is 5.97. The highest BCUT2D eigenvalue weighted by atomic mass is 32.1. The topological polar surface area (TPSA) is 29.3 Å². The van der Waals surface area contributed by atoms with Crippen LogP contribution in [0.15, 0.2) is 11.4 Å². The van der Waals surface area contributed by atoms with Crippen molar-refractivity contribution >= 4 is 11.3 Å². The lowest BCUT2D eigenvalue weighted by Crippen LogP contribution is -2.24. The SMILES string of the molecule is CCN(Cc1cc(C#CCN)cs1)C1CC1. The fourth-order valence-electron chi connectivity index (χ4n) is 1.82. The van der Waals surface area contributed by atoms with E-state index in [9.17, 15) is 0 Å². The van der Waals surface area contributed by atoms with Crippen LogP contribution in [0.1, 0.15) is 30.2 Å². The van der Waals surface area contributed by atoms with E-state index in [2.05, 4.69) is 35.1 Å². The molecule has 2 nitrogen and oxygen atoms in total. The smallest absolute Gasteiger partial charge is 0.0555 e. The van der Waals surface area contributed by atoms with Gasteiger partial charge in [-0.05, 0) is 25.5 Å². The second-order valence-corrected chi connectivity index (χ2v) is 5.10. The maximum atomic E-state index is 5.35. The Hall–Kier alpha value is -0.820. The van der Waals surface area contributed by atoms with Gasteiger partial charge in [0.1, 0.15) is 0 Å². The molecule has 1 aromatic heterocycles. The number of hydrogen-bond donors (Lipinski definition) is 1. The zero-order valence-electron chi connectivity index (χ0n) is 9.70. The summed E-state index contributed by atoms with van der Waals surface area (Å²) >= 11 is 1.80. The summed E-state index contributed by atoms with van der Waals surface area (Å²) in [7, 11) is 0. The van der Waals surface area contributed by atoms with Gasteiger partial charge in [0.2, 0.25) is 0 Å². The minimum Gasteiger partial charge on any atom is -0.320 e. The molecule has 1 aromatic rings. The van der Waals surface area contributed by atoms with Crippen LogP contribution < -0.4 is 5.73 Å². The Labute approximate surface area is 101 Å². The predicted molar refractivity (Wildman–Crippen MR) is 69.4 cm³/mol. The van der Waals surface area contributed by atoms with E-state index in [1.54, 1.807) is 11.3 Å². The third-order valence-electron chi connectivity index (χ3n) is 2.82. The maximum absolute atomic E-state index is 5.35. The zero-order valence-corrected chi connectivity index (χ0v) is 10.5. The van der Waals surface area contributed by atoms with Crippen LogP contribution in [0.5, 0.6) is 0 Å². The van der Waals surface area contributed by atoms with E-state index in [0.717, 1.165) is 24.7 Å². The summed E-state index contributed by atoms with van der Waals surface area (Å²) in [6.45, 7) is 4.90. The van der Waals surface area contributed by atoms with Gasteiger partial charge in [-0.25, -0.2) is 0 Å². The van der Waals surface area contributed by atoms with Gasteiger partial charge >= 0.3 is 0 Å². The van der Waals surface area contributed by atoms with Gasteiger partial charge in [0.15, 0.2) is 0 Å². The van der Waals surface area contributed by atoms with Gasteiger partial charge in [-0.15, -0.1) is 11.3 Å². The molecule has 1 fully saturated rings. The molecule has 1 aliphatic carbocycles. The molecule has 86 valence electrons. The van der Waals surface area contributed by atoms with Crippen LogP contribution in [0.25, 0.3) is 0 Å². The molecular formula is C13H18N2S. The van der Waals surface area contributed by atoms with Crippen LogP contribution >= 0.6 is 11.3 Å². The van der Waals surface area contributed by atoms with Gasteiger partial charge in [-0.3, -0.25) is 4.90 Å². The Morgan fingerprint density at radius 2 is 2.38 bits per heavy atom. The molecule has 16 heavy (non-hydrogen) atoms. The fourth-order valence-corrected chi connectivity index (χ4v) is 2.66. The fraction of sp³-hybridized carbons (Fsp3) is 0.538. The Balaban J connectivity index is 1.95. The van der Waals surface area contributed by atoms with Gasteiger partial charge in [-0.2, -0.15) is 0 Å². The van der Waals surface area contributed by atoms with E-state index in [1.807, 2.05) is 0 Å². The van der Waals surface area contributed by atoms with Crippen molar-refractivity contribution in [3.05, 3.63) is 21.9 Å². The summed E-state index contributed by atoms with van der Waals surface area (Å²) in [4.78, 5) is 3.96. The summed E-state index contributed by atoms with van der Waals surface area (Å²) in [6, 6.07) is 3.03. The molecular weight excluding hydrogens is 216 g/mol. The number of hydrogen-bond acceptors (Lipinski definition) is 3. The zero-order chi connectivity index (χ0) is 11.4. The highest BCUT2D eigenvalue weighted by Crippen LogP contribution is 2.29. The van der Waals surface area contributed by atoms with E-state index < -0.39 is 0 Å². The van der Waals surface area contributed by atoms with Gasteiger partial charge in [-0.1, -0.05) is 18.8 Å². The van der Waals surface area contributed by atoms with E-state index in [4.69, 9.17) is 5.73 Å². The molecule has 0 saturated heterocycles. The van der Waals surface area contributed by atoms with Gasteiger partial charge in [0, 0.05) is 28.4 Å². The average Bonchev–Trinajstić information content (AvgIpc) is 3.04. The average molecular weight is 234 g/mol. The number of thiophene rings is 1. The van der Waals surface area contributed by atoms with Crippen molar-refractivity contribution in [1.29, 1.82) is 0 Å². The first-order valence-corrected chi connectivity index (χ1v) is 6.72. The lowest BCUT2D eigenvalue weighted by molar-refractivity contribution is 0.272. The Morgan fingerprint density at radius 3 is 3.00 bits per heavy atom. The Kier molecular flexibility index (Phi) is 4.00. The summed E-state index contributed by atoms with van der Waals surface area (Å²) in [5.41, 5.74) is 6.46. The number of nitrogens with two attached hydrogens (primary N) is 1. The monoisotopic (exact) mass is 234 g/mol. The molecule has 1 heterocycles. The summed E-state index contributed by atoms with van der Waals surface area (Å²) < 4.78 is 0. The van der Waals surface area contributed by atoms with Crippen LogP contribution in [0.2, 0.25) is 0 Å². The molecule has 2 rings (SSSR count). The van der Waals surface area contributed by atoms with E-state index >= 15 is 0 Å². The normalized spacial score (nSPS) is 14.9. The Bertz CT molecular complexity index is 396. The molecule has 1 saturated carbocycles. The van der Waals surface area contributed by atoms with Crippen LogP contribution in [0.4, 0.5) is 0 Å². The first-order chi connectivity index (χ1) is 7.83. The largest absolute Gasteiger partial charge is 0.320 e. The Morgan fingerprint density at radius 1 is 1.56 bits per heavy atom. The quantitative estimate of drug-likeness (QED) is 0.808. The third kappa shape index (κ3) is 3.08. The number of nitrogens with zero attached hydrogens (tertiary/aromatic N) is 1. The molecule has 1 aliphatic rings. The summed E-state index contributed by atoms with van der Waals surface area (Å²) in [5, 5.41) is 2.12. The van der Waals surface area contributed by atoms with E-state index in [-0.39, 0.29) is 0 Å². The lowest BCUT2D eigenvalue weighted by atomic mass is 10.3. The van der Waals surface area contributed by atoms with Crippen LogP contribution in [0, 0.1) is 11.8 Å². The van der Waals surface area contributed by atoms with Crippen molar-refractivity contribution in [2.75, 3.05) is 13.1 Å². The molecule has 0 radical (unpaired) electrons. The molecule has 0 bridgehead atoms. The van der Waals surface area contributed by atoms with Gasteiger partial charge in [0.25, 0.3) is 0 Å². The first-order valence-electron chi connectivity index (χ1n) is 5.84. The van der Waals surface area contributed by atoms with Crippen LogP contribution in [-0.2, 0) is 6.54 Å². The molecule has 0 aliphatic heterocycles. The van der Waals surface area contributed by atoms with Gasteiger partial charge in [0.05, 0.1) is 6.54 Å². The molecule has 0 amide bonds. The van der Waals surface area contributed by atoms with Crippen LogP contribution in [0.3, 0.4) is 0 Å².